The number of fused-ring (bicyclic) bond motifs is 1. The molecular weight excluding hydrogens is 294 g/mol. The van der Waals surface area contributed by atoms with Crippen LogP contribution in [0.25, 0.3) is 11.6 Å². The predicted octanol–water partition coefficient (Wildman–Crippen LogP) is 6.00. The van der Waals surface area contributed by atoms with Crippen molar-refractivity contribution in [3.8, 4) is 0 Å². The van der Waals surface area contributed by atoms with Crippen LogP contribution in [0.15, 0.2) is 28.9 Å². The topological polar surface area (TPSA) is 26.0 Å². The Hall–Kier alpha value is -1.83. The lowest BCUT2D eigenvalue weighted by Gasteiger charge is -2.32. The highest BCUT2D eigenvalue weighted by Crippen LogP contribution is 2.54. The van der Waals surface area contributed by atoms with Crippen LogP contribution in [0.3, 0.4) is 0 Å². The van der Waals surface area contributed by atoms with E-state index in [4.69, 9.17) is 4.52 Å². The molecule has 0 aliphatic heterocycles. The van der Waals surface area contributed by atoms with Crippen LogP contribution < -0.4 is 0 Å². The van der Waals surface area contributed by atoms with Gasteiger partial charge in [0.15, 0.2) is 5.76 Å². The molecule has 3 rings (SSSR count). The van der Waals surface area contributed by atoms with Crippen LogP contribution in [0.1, 0.15) is 76.5 Å². The van der Waals surface area contributed by atoms with Crippen molar-refractivity contribution in [2.45, 2.75) is 65.7 Å². The second-order valence-corrected chi connectivity index (χ2v) is 8.32. The molecule has 2 nitrogen and oxygen atoms in total. The fraction of sp³-hybridized carbons (Fsp3) is 0.500. The molecule has 1 atom stereocenters. The van der Waals surface area contributed by atoms with Crippen molar-refractivity contribution >= 4 is 11.6 Å². The summed E-state index contributed by atoms with van der Waals surface area (Å²) in [5, 5.41) is 3.80. The Morgan fingerprint density at radius 1 is 1.17 bits per heavy atom. The second-order valence-electron chi connectivity index (χ2n) is 8.32. The number of hydrogen-bond acceptors (Lipinski definition) is 2. The van der Waals surface area contributed by atoms with Gasteiger partial charge in [-0.15, -0.1) is 0 Å². The van der Waals surface area contributed by atoms with Gasteiger partial charge in [0.2, 0.25) is 0 Å². The van der Waals surface area contributed by atoms with Crippen molar-refractivity contribution in [3.05, 3.63) is 52.4 Å². The Morgan fingerprint density at radius 2 is 1.79 bits per heavy atom. The molecule has 128 valence electrons. The van der Waals surface area contributed by atoms with Gasteiger partial charge in [-0.05, 0) is 64.0 Å². The fourth-order valence-electron chi connectivity index (χ4n) is 4.33. The van der Waals surface area contributed by atoms with E-state index in [1.165, 1.54) is 27.8 Å². The van der Waals surface area contributed by atoms with Crippen molar-refractivity contribution in [1.29, 1.82) is 0 Å². The van der Waals surface area contributed by atoms with Gasteiger partial charge in [0.25, 0.3) is 0 Å². The first-order chi connectivity index (χ1) is 11.2. The largest absolute Gasteiger partial charge is 0.357 e. The van der Waals surface area contributed by atoms with Gasteiger partial charge < -0.3 is 4.52 Å². The fourth-order valence-corrected chi connectivity index (χ4v) is 4.33. The number of aromatic nitrogens is 1. The summed E-state index contributed by atoms with van der Waals surface area (Å²) in [6, 6.07) is 6.78. The summed E-state index contributed by atoms with van der Waals surface area (Å²) >= 11 is 0. The molecule has 0 spiro atoms. The monoisotopic (exact) mass is 323 g/mol. The minimum atomic E-state index is 0.187. The first-order valence-corrected chi connectivity index (χ1v) is 8.96. The zero-order valence-electron chi connectivity index (χ0n) is 16.0. The standard InChI is InChI=1S/C22H29NO/c1-8-16-12-19-20(22(6,7)15(3)21(19,4)5)13-18(16)14(2)11-17-9-10-23-24-17/h9-13,15H,8H2,1-7H3. The van der Waals surface area contributed by atoms with E-state index in [9.17, 15) is 0 Å². The number of nitrogens with zero attached hydrogens (tertiary/aromatic N) is 1. The molecule has 1 aliphatic rings. The van der Waals surface area contributed by atoms with Crippen molar-refractivity contribution < 1.29 is 4.52 Å². The molecule has 0 saturated carbocycles. The van der Waals surface area contributed by atoms with Crippen molar-refractivity contribution in [1.82, 2.24) is 5.16 Å². The zero-order chi connectivity index (χ0) is 17.7. The number of rotatable bonds is 3. The van der Waals surface area contributed by atoms with Crippen molar-refractivity contribution in [3.63, 3.8) is 0 Å². The maximum atomic E-state index is 5.26. The Morgan fingerprint density at radius 3 is 2.33 bits per heavy atom. The highest BCUT2D eigenvalue weighted by Gasteiger charge is 2.48. The molecular formula is C22H29NO. The van der Waals surface area contributed by atoms with E-state index in [2.05, 4.69) is 71.8 Å². The first kappa shape index (κ1) is 17.0. The van der Waals surface area contributed by atoms with Crippen molar-refractivity contribution in [2.24, 2.45) is 5.92 Å². The molecule has 0 saturated heterocycles. The number of aryl methyl sites for hydroxylation is 1. The van der Waals surface area contributed by atoms with Crippen LogP contribution in [-0.2, 0) is 17.3 Å². The Bertz CT molecular complexity index is 779. The van der Waals surface area contributed by atoms with E-state index < -0.39 is 0 Å². The molecule has 2 heteroatoms. The van der Waals surface area contributed by atoms with Crippen LogP contribution in [0.5, 0.6) is 0 Å². The summed E-state index contributed by atoms with van der Waals surface area (Å²) in [5.41, 5.74) is 7.41. The van der Waals surface area contributed by atoms with Gasteiger partial charge in [-0.25, -0.2) is 0 Å². The smallest absolute Gasteiger partial charge is 0.159 e. The van der Waals surface area contributed by atoms with Crippen LogP contribution >= 0.6 is 0 Å². The summed E-state index contributed by atoms with van der Waals surface area (Å²) < 4.78 is 5.26. The maximum absolute atomic E-state index is 5.26. The van der Waals surface area contributed by atoms with Crippen LogP contribution in [-0.4, -0.2) is 5.16 Å². The molecule has 0 fully saturated rings. The molecule has 0 bridgehead atoms. The molecule has 0 amide bonds. The Labute approximate surface area is 146 Å². The van der Waals surface area contributed by atoms with Crippen LogP contribution in [0.4, 0.5) is 0 Å². The van der Waals surface area contributed by atoms with E-state index in [1.54, 1.807) is 6.20 Å². The van der Waals surface area contributed by atoms with Gasteiger partial charge in [0, 0.05) is 6.07 Å². The molecule has 1 unspecified atom stereocenters. The normalized spacial score (nSPS) is 21.8. The lowest BCUT2D eigenvalue weighted by atomic mass is 9.71. The molecule has 1 aromatic carbocycles. The lowest BCUT2D eigenvalue weighted by molar-refractivity contribution is 0.264. The average molecular weight is 323 g/mol. The van der Waals surface area contributed by atoms with E-state index in [1.807, 2.05) is 6.07 Å². The van der Waals surface area contributed by atoms with E-state index >= 15 is 0 Å². The van der Waals surface area contributed by atoms with E-state index in [-0.39, 0.29) is 10.8 Å². The third-order valence-electron chi connectivity index (χ3n) is 6.42. The number of allylic oxidation sites excluding steroid dienone is 1. The third-order valence-corrected chi connectivity index (χ3v) is 6.42. The van der Waals surface area contributed by atoms with Gasteiger partial charge in [0.05, 0.1) is 6.20 Å². The minimum Gasteiger partial charge on any atom is -0.357 e. The summed E-state index contributed by atoms with van der Waals surface area (Å²) in [7, 11) is 0. The van der Waals surface area contributed by atoms with Gasteiger partial charge in [-0.1, -0.05) is 58.8 Å². The molecule has 1 aromatic heterocycles. The van der Waals surface area contributed by atoms with Crippen LogP contribution in [0.2, 0.25) is 0 Å². The lowest BCUT2D eigenvalue weighted by Crippen LogP contribution is -2.30. The predicted molar refractivity (Wildman–Crippen MR) is 101 cm³/mol. The average Bonchev–Trinajstić information content (AvgIpc) is 3.08. The highest BCUT2D eigenvalue weighted by atomic mass is 16.5. The quantitative estimate of drug-likeness (QED) is 0.692. The summed E-state index contributed by atoms with van der Waals surface area (Å²) in [6.45, 7) is 16.3. The SMILES string of the molecule is CCc1cc2c(cc1C(C)=Cc1ccno1)C(C)(C)C(C)C2(C)C. The Kier molecular flexibility index (Phi) is 3.98. The maximum Gasteiger partial charge on any atom is 0.159 e. The van der Waals surface area contributed by atoms with E-state index in [0.29, 0.717) is 5.92 Å². The molecule has 2 aromatic rings. The third kappa shape index (κ3) is 2.44. The zero-order valence-corrected chi connectivity index (χ0v) is 16.0. The summed E-state index contributed by atoms with van der Waals surface area (Å²) in [6.07, 6.45) is 4.81. The first-order valence-electron chi connectivity index (χ1n) is 8.96. The Balaban J connectivity index is 2.19. The summed E-state index contributed by atoms with van der Waals surface area (Å²) in [4.78, 5) is 0. The van der Waals surface area contributed by atoms with E-state index in [0.717, 1.165) is 12.2 Å². The van der Waals surface area contributed by atoms with Crippen molar-refractivity contribution in [2.75, 3.05) is 0 Å². The molecule has 0 N–H and O–H groups in total. The molecule has 1 heterocycles. The number of hydrogen-bond donors (Lipinski definition) is 0. The van der Waals surface area contributed by atoms with Gasteiger partial charge in [-0.2, -0.15) is 0 Å². The molecule has 1 aliphatic carbocycles. The van der Waals surface area contributed by atoms with Gasteiger partial charge in [0.1, 0.15) is 0 Å². The highest BCUT2D eigenvalue weighted by molar-refractivity contribution is 5.81. The molecule has 24 heavy (non-hydrogen) atoms. The molecule has 0 radical (unpaired) electrons. The van der Waals surface area contributed by atoms with Gasteiger partial charge >= 0.3 is 0 Å². The van der Waals surface area contributed by atoms with Crippen LogP contribution in [0, 0.1) is 5.92 Å². The second kappa shape index (κ2) is 5.61. The summed E-state index contributed by atoms with van der Waals surface area (Å²) in [5.74, 6) is 1.42. The van der Waals surface area contributed by atoms with Gasteiger partial charge in [-0.3, -0.25) is 0 Å². The number of benzene rings is 1. The minimum absolute atomic E-state index is 0.187.